The Balaban J connectivity index is 1.71. The number of aliphatic hydroxyl groups is 1. The Hall–Kier alpha value is -1.98. The zero-order valence-corrected chi connectivity index (χ0v) is 14.7. The second kappa shape index (κ2) is 6.49. The van der Waals surface area contributed by atoms with Gasteiger partial charge in [0.05, 0.1) is 16.0 Å². The average Bonchev–Trinajstić information content (AvgIpc) is 3.05. The predicted molar refractivity (Wildman–Crippen MR) is 94.5 cm³/mol. The summed E-state index contributed by atoms with van der Waals surface area (Å²) in [7, 11) is 0. The van der Waals surface area contributed by atoms with Crippen LogP contribution in [0.3, 0.4) is 0 Å². The molecule has 4 nitrogen and oxygen atoms in total. The number of carbonyl (C=O) groups excluding carboxylic acids is 2. The summed E-state index contributed by atoms with van der Waals surface area (Å²) in [5, 5.41) is 12.7. The molecule has 1 saturated heterocycles. The van der Waals surface area contributed by atoms with Gasteiger partial charge in [-0.05, 0) is 43.9 Å². The number of Topliss-reactive ketones (excluding diaryl/α,β-unsaturated/α-hetero) is 1. The maximum absolute atomic E-state index is 12.6. The molecule has 0 saturated carbocycles. The molecule has 0 unspecified atom stereocenters. The predicted octanol–water partition coefficient (Wildman–Crippen LogP) is 3.38. The van der Waals surface area contributed by atoms with Crippen molar-refractivity contribution in [3.63, 3.8) is 0 Å². The first-order valence-electron chi connectivity index (χ1n) is 8.08. The molecular weight excluding hydrogens is 322 g/mol. The zero-order chi connectivity index (χ0) is 17.3. The van der Waals surface area contributed by atoms with E-state index >= 15 is 0 Å². The number of aryl methyl sites for hydroxylation is 1. The van der Waals surface area contributed by atoms with Gasteiger partial charge in [0, 0.05) is 18.5 Å². The van der Waals surface area contributed by atoms with Crippen LogP contribution in [-0.2, 0) is 5.60 Å². The lowest BCUT2D eigenvalue weighted by atomic mass is 9.82. The molecule has 1 amide bonds. The van der Waals surface area contributed by atoms with Crippen molar-refractivity contribution in [3.8, 4) is 0 Å². The van der Waals surface area contributed by atoms with Gasteiger partial charge in [0.15, 0.2) is 5.78 Å². The number of benzene rings is 1. The van der Waals surface area contributed by atoms with Crippen molar-refractivity contribution in [2.24, 2.45) is 0 Å². The number of likely N-dealkylation sites (tertiary alicyclic amines) is 1. The van der Waals surface area contributed by atoms with Gasteiger partial charge in [-0.2, -0.15) is 0 Å². The van der Waals surface area contributed by atoms with E-state index in [-0.39, 0.29) is 11.7 Å². The molecule has 2 aromatic rings. The number of nitrogens with zero attached hydrogens (tertiary/aromatic N) is 1. The van der Waals surface area contributed by atoms with Crippen LogP contribution in [0.1, 0.15) is 50.9 Å². The van der Waals surface area contributed by atoms with Crippen LogP contribution in [0, 0.1) is 6.92 Å². The van der Waals surface area contributed by atoms with Gasteiger partial charge in [-0.25, -0.2) is 0 Å². The van der Waals surface area contributed by atoms with Crippen LogP contribution in [-0.4, -0.2) is 34.8 Å². The van der Waals surface area contributed by atoms with E-state index in [9.17, 15) is 14.7 Å². The highest BCUT2D eigenvalue weighted by Gasteiger charge is 2.36. The van der Waals surface area contributed by atoms with Crippen LogP contribution in [0.4, 0.5) is 0 Å². The summed E-state index contributed by atoms with van der Waals surface area (Å²) >= 11 is 1.30. The smallest absolute Gasteiger partial charge is 0.254 e. The van der Waals surface area contributed by atoms with Gasteiger partial charge in [0.2, 0.25) is 0 Å². The van der Waals surface area contributed by atoms with Gasteiger partial charge in [-0.3, -0.25) is 9.59 Å². The Labute approximate surface area is 145 Å². The molecule has 0 aliphatic carbocycles. The van der Waals surface area contributed by atoms with Crippen molar-refractivity contribution in [1.29, 1.82) is 0 Å². The van der Waals surface area contributed by atoms with Crippen LogP contribution < -0.4 is 0 Å². The largest absolute Gasteiger partial charge is 0.385 e. The van der Waals surface area contributed by atoms with Gasteiger partial charge >= 0.3 is 0 Å². The molecule has 1 aromatic heterocycles. The van der Waals surface area contributed by atoms with Crippen molar-refractivity contribution in [3.05, 3.63) is 57.3 Å². The minimum Gasteiger partial charge on any atom is -0.385 e. The van der Waals surface area contributed by atoms with Crippen LogP contribution in [0.2, 0.25) is 0 Å². The first-order chi connectivity index (χ1) is 11.4. The minimum atomic E-state index is -0.874. The Morgan fingerprint density at radius 1 is 1.21 bits per heavy atom. The normalized spacial score (nSPS) is 16.9. The van der Waals surface area contributed by atoms with Crippen LogP contribution >= 0.6 is 11.3 Å². The van der Waals surface area contributed by atoms with E-state index in [4.69, 9.17) is 0 Å². The third kappa shape index (κ3) is 3.14. The Bertz CT molecular complexity index is 772. The van der Waals surface area contributed by atoms with E-state index in [1.54, 1.807) is 16.3 Å². The number of amides is 1. The molecule has 24 heavy (non-hydrogen) atoms. The number of thiophene rings is 1. The quantitative estimate of drug-likeness (QED) is 0.869. The monoisotopic (exact) mass is 343 g/mol. The van der Waals surface area contributed by atoms with Crippen molar-refractivity contribution < 1.29 is 14.7 Å². The van der Waals surface area contributed by atoms with Gasteiger partial charge in [0.25, 0.3) is 5.91 Å². The summed E-state index contributed by atoms with van der Waals surface area (Å²) in [4.78, 5) is 26.3. The number of rotatable bonds is 3. The lowest BCUT2D eigenvalue weighted by Crippen LogP contribution is -2.45. The molecule has 0 spiro atoms. The van der Waals surface area contributed by atoms with E-state index in [0.717, 1.165) is 11.1 Å². The van der Waals surface area contributed by atoms with E-state index < -0.39 is 5.60 Å². The summed E-state index contributed by atoms with van der Waals surface area (Å²) in [6, 6.07) is 9.53. The molecular formula is C19H21NO3S. The maximum atomic E-state index is 12.6. The molecule has 126 valence electrons. The highest BCUT2D eigenvalue weighted by atomic mass is 32.1. The third-order valence-electron chi connectivity index (χ3n) is 4.72. The standard InChI is InChI=1S/C19H21NO3S/c1-13-5-3-4-6-16(13)19(23)7-9-20(10-8-19)18(22)15-11-17(14(2)21)24-12-15/h3-6,11-12,23H,7-10H2,1-2H3. The molecule has 2 heterocycles. The summed E-state index contributed by atoms with van der Waals surface area (Å²) in [5.74, 6) is -0.0859. The third-order valence-corrected chi connectivity index (χ3v) is 5.75. The molecule has 1 aromatic carbocycles. The SMILES string of the molecule is CC(=O)c1cc(C(=O)N2CCC(O)(c3ccccc3C)CC2)cs1. The fourth-order valence-corrected chi connectivity index (χ4v) is 4.04. The fraction of sp³-hybridized carbons (Fsp3) is 0.368. The van der Waals surface area contributed by atoms with E-state index in [2.05, 4.69) is 0 Å². The molecule has 0 atom stereocenters. The minimum absolute atomic E-state index is 0.0216. The lowest BCUT2D eigenvalue weighted by molar-refractivity contribution is -0.0215. The first-order valence-corrected chi connectivity index (χ1v) is 8.96. The van der Waals surface area contributed by atoms with E-state index in [0.29, 0.717) is 36.4 Å². The molecule has 0 radical (unpaired) electrons. The van der Waals surface area contributed by atoms with Crippen LogP contribution in [0.15, 0.2) is 35.7 Å². The topological polar surface area (TPSA) is 57.6 Å². The molecule has 1 fully saturated rings. The first kappa shape index (κ1) is 16.9. The van der Waals surface area contributed by atoms with Crippen LogP contribution in [0.25, 0.3) is 0 Å². The molecule has 1 aliphatic rings. The second-order valence-corrected chi connectivity index (χ2v) is 7.31. The van der Waals surface area contributed by atoms with Crippen molar-refractivity contribution in [2.45, 2.75) is 32.3 Å². The molecule has 1 aliphatic heterocycles. The number of hydrogen-bond acceptors (Lipinski definition) is 4. The highest BCUT2D eigenvalue weighted by molar-refractivity contribution is 7.12. The second-order valence-electron chi connectivity index (χ2n) is 6.39. The van der Waals surface area contributed by atoms with Gasteiger partial charge < -0.3 is 10.0 Å². The summed E-state index contributed by atoms with van der Waals surface area (Å²) in [5.41, 5.74) is 1.71. The van der Waals surface area contributed by atoms with Gasteiger partial charge in [-0.1, -0.05) is 24.3 Å². The Morgan fingerprint density at radius 2 is 1.88 bits per heavy atom. The molecule has 1 N–H and O–H groups in total. The summed E-state index contributed by atoms with van der Waals surface area (Å²) in [6.07, 6.45) is 1.04. The molecule has 5 heteroatoms. The molecule has 0 bridgehead atoms. The van der Waals surface area contributed by atoms with Crippen molar-refractivity contribution in [2.75, 3.05) is 13.1 Å². The number of hydrogen-bond donors (Lipinski definition) is 1. The number of piperidine rings is 1. The van der Waals surface area contributed by atoms with E-state index in [1.165, 1.54) is 18.3 Å². The molecule has 3 rings (SSSR count). The lowest BCUT2D eigenvalue weighted by Gasteiger charge is -2.39. The number of ketones is 1. The maximum Gasteiger partial charge on any atom is 0.254 e. The van der Waals surface area contributed by atoms with Crippen molar-refractivity contribution in [1.82, 2.24) is 4.90 Å². The van der Waals surface area contributed by atoms with Gasteiger partial charge in [-0.15, -0.1) is 11.3 Å². The highest BCUT2D eigenvalue weighted by Crippen LogP contribution is 2.35. The fourth-order valence-electron chi connectivity index (χ4n) is 3.26. The van der Waals surface area contributed by atoms with Gasteiger partial charge in [0.1, 0.15) is 0 Å². The summed E-state index contributed by atoms with van der Waals surface area (Å²) in [6.45, 7) is 4.52. The van der Waals surface area contributed by atoms with Crippen molar-refractivity contribution >= 4 is 23.0 Å². The average molecular weight is 343 g/mol. The number of carbonyl (C=O) groups is 2. The van der Waals surface area contributed by atoms with E-state index in [1.807, 2.05) is 31.2 Å². The van der Waals surface area contributed by atoms with Crippen LogP contribution in [0.5, 0.6) is 0 Å². The summed E-state index contributed by atoms with van der Waals surface area (Å²) < 4.78 is 0. The Morgan fingerprint density at radius 3 is 2.46 bits per heavy atom. The Kier molecular flexibility index (Phi) is 4.56. The zero-order valence-electron chi connectivity index (χ0n) is 13.9.